The number of fused-ring (bicyclic) bond motifs is 1. The van der Waals surface area contributed by atoms with Crippen molar-refractivity contribution in [3.63, 3.8) is 0 Å². The third-order valence-corrected chi connectivity index (χ3v) is 5.53. The predicted molar refractivity (Wildman–Crippen MR) is 133 cm³/mol. The number of hydrogen-bond acceptors (Lipinski definition) is 6. The van der Waals surface area contributed by atoms with Crippen LogP contribution in [0, 0.1) is 0 Å². The number of methoxy groups -OCH3 is 3. The van der Waals surface area contributed by atoms with Crippen molar-refractivity contribution in [3.8, 4) is 17.2 Å². The molecule has 35 heavy (non-hydrogen) atoms. The van der Waals surface area contributed by atoms with E-state index in [1.807, 2.05) is 30.3 Å². The molecule has 7 nitrogen and oxygen atoms in total. The minimum absolute atomic E-state index is 0.316. The minimum atomic E-state index is -1.10. The second-order valence-corrected chi connectivity index (χ2v) is 7.63. The van der Waals surface area contributed by atoms with Crippen LogP contribution in [-0.4, -0.2) is 38.1 Å². The maximum Gasteiger partial charge on any atom is 0.331 e. The molecule has 1 aromatic heterocycles. The minimum Gasteiger partial charge on any atom is -0.493 e. The smallest absolute Gasteiger partial charge is 0.331 e. The lowest BCUT2D eigenvalue weighted by Gasteiger charge is -2.16. The topological polar surface area (TPSA) is 86.9 Å². The molecule has 1 atom stereocenters. The average Bonchev–Trinajstić information content (AvgIpc) is 3.34. The summed E-state index contributed by atoms with van der Waals surface area (Å²) in [5, 5.41) is 0.766. The van der Waals surface area contributed by atoms with E-state index in [1.165, 1.54) is 27.4 Å². The Hall–Kier alpha value is -4.52. The highest BCUT2D eigenvalue weighted by Crippen LogP contribution is 2.38. The number of Topliss-reactive ketones (excluding diaryl/α,β-unsaturated/α-hetero) is 1. The van der Waals surface area contributed by atoms with Crippen LogP contribution in [0.1, 0.15) is 27.6 Å². The van der Waals surface area contributed by atoms with Crippen molar-refractivity contribution in [2.75, 3.05) is 21.3 Å². The van der Waals surface area contributed by atoms with E-state index in [2.05, 4.69) is 4.98 Å². The average molecular weight is 472 g/mol. The molecular weight excluding hydrogens is 446 g/mol. The van der Waals surface area contributed by atoms with Crippen LogP contribution in [0.15, 0.2) is 79.0 Å². The molecule has 0 radical (unpaired) electrons. The summed E-state index contributed by atoms with van der Waals surface area (Å²) in [7, 11) is 4.54. The predicted octanol–water partition coefficient (Wildman–Crippen LogP) is 5.37. The number of para-hydroxylation sites is 1. The maximum absolute atomic E-state index is 13.5. The zero-order valence-electron chi connectivity index (χ0n) is 19.6. The number of rotatable bonds is 9. The van der Waals surface area contributed by atoms with Crippen molar-refractivity contribution in [1.29, 1.82) is 0 Å². The summed E-state index contributed by atoms with van der Waals surface area (Å²) in [5.74, 6) is 0.375. The molecule has 0 bridgehead atoms. The maximum atomic E-state index is 13.5. The number of aromatic nitrogens is 1. The van der Waals surface area contributed by atoms with Crippen LogP contribution in [0.3, 0.4) is 0 Å². The van der Waals surface area contributed by atoms with Crippen LogP contribution < -0.4 is 14.2 Å². The first-order chi connectivity index (χ1) is 17.0. The third kappa shape index (κ3) is 5.04. The Morgan fingerprint density at radius 3 is 2.17 bits per heavy atom. The highest BCUT2D eigenvalue weighted by molar-refractivity contribution is 6.10. The quantitative estimate of drug-likeness (QED) is 0.201. The lowest BCUT2D eigenvalue weighted by Crippen LogP contribution is -2.19. The summed E-state index contributed by atoms with van der Waals surface area (Å²) in [6.07, 6.45) is 3.36. The van der Waals surface area contributed by atoms with Crippen LogP contribution in [0.5, 0.6) is 17.2 Å². The van der Waals surface area contributed by atoms with Crippen LogP contribution in [0.2, 0.25) is 0 Å². The Labute approximate surface area is 202 Å². The van der Waals surface area contributed by atoms with Gasteiger partial charge < -0.3 is 23.9 Å². The van der Waals surface area contributed by atoms with E-state index in [0.29, 0.717) is 33.9 Å². The number of nitrogens with one attached hydrogen (secondary N) is 1. The van der Waals surface area contributed by atoms with Crippen LogP contribution in [0.25, 0.3) is 17.0 Å². The van der Waals surface area contributed by atoms with Crippen molar-refractivity contribution in [3.05, 3.63) is 95.7 Å². The number of benzene rings is 3. The third-order valence-electron chi connectivity index (χ3n) is 5.53. The highest BCUT2D eigenvalue weighted by atomic mass is 16.5. The van der Waals surface area contributed by atoms with E-state index in [-0.39, 0.29) is 5.78 Å². The zero-order chi connectivity index (χ0) is 24.8. The van der Waals surface area contributed by atoms with Crippen molar-refractivity contribution in [2.45, 2.75) is 6.10 Å². The van der Waals surface area contributed by atoms with Crippen molar-refractivity contribution in [2.24, 2.45) is 0 Å². The van der Waals surface area contributed by atoms with Crippen LogP contribution >= 0.6 is 0 Å². The van der Waals surface area contributed by atoms with E-state index in [4.69, 9.17) is 18.9 Å². The molecule has 7 heteroatoms. The van der Waals surface area contributed by atoms with Crippen molar-refractivity contribution in [1.82, 2.24) is 4.98 Å². The molecule has 4 aromatic rings. The Morgan fingerprint density at radius 1 is 0.857 bits per heavy atom. The van der Waals surface area contributed by atoms with E-state index in [9.17, 15) is 9.59 Å². The number of ketones is 1. The summed E-state index contributed by atoms with van der Waals surface area (Å²) in [6, 6.07) is 19.8. The molecule has 0 aliphatic rings. The Bertz CT molecular complexity index is 1350. The van der Waals surface area contributed by atoms with E-state index >= 15 is 0 Å². The molecule has 0 aliphatic carbocycles. The lowest BCUT2D eigenvalue weighted by molar-refractivity contribution is -0.141. The summed E-state index contributed by atoms with van der Waals surface area (Å²) in [4.78, 5) is 29.4. The van der Waals surface area contributed by atoms with Gasteiger partial charge in [0.05, 0.1) is 21.3 Å². The highest BCUT2D eigenvalue weighted by Gasteiger charge is 2.27. The number of H-pyrrole nitrogens is 1. The molecule has 1 unspecified atom stereocenters. The first-order valence-electron chi connectivity index (χ1n) is 10.9. The van der Waals surface area contributed by atoms with Gasteiger partial charge in [0, 0.05) is 34.3 Å². The molecule has 0 amide bonds. The molecule has 1 N–H and O–H groups in total. The first-order valence-corrected chi connectivity index (χ1v) is 10.9. The van der Waals surface area contributed by atoms with Gasteiger partial charge in [-0.05, 0) is 29.8 Å². The first kappa shape index (κ1) is 23.6. The molecule has 0 saturated carbocycles. The largest absolute Gasteiger partial charge is 0.493 e. The fourth-order valence-electron chi connectivity index (χ4n) is 3.83. The molecule has 178 valence electrons. The van der Waals surface area contributed by atoms with Gasteiger partial charge in [0.2, 0.25) is 11.5 Å². The summed E-state index contributed by atoms with van der Waals surface area (Å²) in [5.41, 5.74) is 2.50. The second kappa shape index (κ2) is 10.6. The molecule has 0 saturated heterocycles. The summed E-state index contributed by atoms with van der Waals surface area (Å²) >= 11 is 0. The van der Waals surface area contributed by atoms with E-state index in [1.54, 1.807) is 48.7 Å². The molecule has 1 heterocycles. The van der Waals surface area contributed by atoms with Gasteiger partial charge in [0.25, 0.3) is 0 Å². The van der Waals surface area contributed by atoms with E-state index < -0.39 is 12.1 Å². The van der Waals surface area contributed by atoms with Crippen LogP contribution in [0.4, 0.5) is 0 Å². The van der Waals surface area contributed by atoms with Gasteiger partial charge in [0.1, 0.15) is 0 Å². The second-order valence-electron chi connectivity index (χ2n) is 7.63. The number of hydrogen-bond donors (Lipinski definition) is 1. The molecule has 3 aromatic carbocycles. The Morgan fingerprint density at radius 2 is 1.51 bits per heavy atom. The lowest BCUT2D eigenvalue weighted by atomic mass is 9.99. The normalized spacial score (nSPS) is 11.9. The van der Waals surface area contributed by atoms with Crippen molar-refractivity contribution < 1.29 is 28.5 Å². The Kier molecular flexibility index (Phi) is 7.16. The molecule has 0 spiro atoms. The summed E-state index contributed by atoms with van der Waals surface area (Å²) in [6.45, 7) is 0. The zero-order valence-corrected chi connectivity index (χ0v) is 19.6. The van der Waals surface area contributed by atoms with Crippen LogP contribution in [-0.2, 0) is 9.53 Å². The van der Waals surface area contributed by atoms with Gasteiger partial charge in [0.15, 0.2) is 17.6 Å². The number of esters is 1. The standard InChI is InChI=1S/C28H25NO6/c1-32-23-15-18(16-24(33-2)28(23)34-3)13-14-25(30)35-27(19-9-5-4-6-10-19)26(31)21-17-29-22-12-8-7-11-20(21)22/h4-17,27,29H,1-3H3. The summed E-state index contributed by atoms with van der Waals surface area (Å²) < 4.78 is 21.7. The molecular formula is C28H25NO6. The number of carbonyl (C=O) groups is 2. The monoisotopic (exact) mass is 471 g/mol. The molecule has 0 aliphatic heterocycles. The fourth-order valence-corrected chi connectivity index (χ4v) is 3.83. The van der Waals surface area contributed by atoms with Gasteiger partial charge in [-0.3, -0.25) is 4.79 Å². The fraction of sp³-hybridized carbons (Fsp3) is 0.143. The van der Waals surface area contributed by atoms with Gasteiger partial charge in [-0.15, -0.1) is 0 Å². The van der Waals surface area contributed by atoms with Gasteiger partial charge in [-0.1, -0.05) is 48.5 Å². The van der Waals surface area contributed by atoms with E-state index in [0.717, 1.165) is 10.9 Å². The molecule has 4 rings (SSSR count). The number of ether oxygens (including phenoxy) is 4. The number of aromatic amines is 1. The Balaban J connectivity index is 1.61. The van der Waals surface area contributed by atoms with Crippen molar-refractivity contribution >= 4 is 28.7 Å². The molecule has 0 fully saturated rings. The van der Waals surface area contributed by atoms with Gasteiger partial charge in [-0.2, -0.15) is 0 Å². The van der Waals surface area contributed by atoms with Gasteiger partial charge >= 0.3 is 5.97 Å². The SMILES string of the molecule is COc1cc(C=CC(=O)OC(C(=O)c2c[nH]c3ccccc23)c2ccccc2)cc(OC)c1OC. The number of carbonyl (C=O) groups excluding carboxylic acids is 2. The van der Waals surface area contributed by atoms with Gasteiger partial charge in [-0.25, -0.2) is 4.79 Å².